The molecule has 1 heterocycles. The molecule has 1 aliphatic heterocycles. The zero-order valence-corrected chi connectivity index (χ0v) is 10.4. The van der Waals surface area contributed by atoms with Gasteiger partial charge < -0.3 is 10.0 Å². The van der Waals surface area contributed by atoms with Gasteiger partial charge in [0.15, 0.2) is 0 Å². The van der Waals surface area contributed by atoms with E-state index < -0.39 is 17.9 Å². The predicted molar refractivity (Wildman–Crippen MR) is 64.9 cm³/mol. The Morgan fingerprint density at radius 1 is 1.33 bits per heavy atom. The highest BCUT2D eigenvalue weighted by molar-refractivity contribution is 5.94. The van der Waals surface area contributed by atoms with Gasteiger partial charge in [-0.05, 0) is 12.3 Å². The van der Waals surface area contributed by atoms with Crippen molar-refractivity contribution in [2.75, 3.05) is 13.1 Å². The number of carboxylic acid groups (broad SMARTS) is 1. The van der Waals surface area contributed by atoms with E-state index in [-0.39, 0.29) is 18.8 Å². The average Bonchev–Trinajstić information content (AvgIpc) is 2.28. The molecule has 0 bridgehead atoms. The van der Waals surface area contributed by atoms with Crippen molar-refractivity contribution in [1.29, 1.82) is 0 Å². The van der Waals surface area contributed by atoms with Crippen LogP contribution in [-0.2, 0) is 9.59 Å². The van der Waals surface area contributed by atoms with Gasteiger partial charge in [0, 0.05) is 25.9 Å². The minimum absolute atomic E-state index is 0.0434. The topological polar surface area (TPSA) is 86.7 Å². The van der Waals surface area contributed by atoms with Gasteiger partial charge in [-0.3, -0.25) is 14.9 Å². The molecule has 0 spiro atoms. The van der Waals surface area contributed by atoms with Crippen LogP contribution in [0.15, 0.2) is 12.2 Å². The lowest BCUT2D eigenvalue weighted by Gasteiger charge is -2.23. The van der Waals surface area contributed by atoms with E-state index in [1.807, 2.05) is 12.2 Å². The third-order valence-electron chi connectivity index (χ3n) is 2.65. The SMILES string of the molecule is CC(CC(=O)O)CC(=O)NC(=O)N1CC=CCC1. The number of rotatable bonds is 4. The van der Waals surface area contributed by atoms with Crippen molar-refractivity contribution in [2.45, 2.75) is 26.2 Å². The summed E-state index contributed by atoms with van der Waals surface area (Å²) in [7, 11) is 0. The first-order valence-electron chi connectivity index (χ1n) is 5.94. The summed E-state index contributed by atoms with van der Waals surface area (Å²) in [5.74, 6) is -1.65. The summed E-state index contributed by atoms with van der Waals surface area (Å²) >= 11 is 0. The first-order valence-corrected chi connectivity index (χ1v) is 5.94. The molecule has 3 amide bonds. The van der Waals surface area contributed by atoms with Crippen LogP contribution >= 0.6 is 0 Å². The lowest BCUT2D eigenvalue weighted by molar-refractivity contribution is -0.138. The molecule has 18 heavy (non-hydrogen) atoms. The average molecular weight is 254 g/mol. The molecule has 0 radical (unpaired) electrons. The number of amides is 3. The maximum atomic E-state index is 11.7. The van der Waals surface area contributed by atoms with Crippen molar-refractivity contribution < 1.29 is 19.5 Å². The van der Waals surface area contributed by atoms with Crippen LogP contribution in [0.3, 0.4) is 0 Å². The van der Waals surface area contributed by atoms with E-state index in [9.17, 15) is 14.4 Å². The number of carbonyl (C=O) groups excluding carboxylic acids is 2. The monoisotopic (exact) mass is 254 g/mol. The minimum atomic E-state index is -0.942. The summed E-state index contributed by atoms with van der Waals surface area (Å²) in [5.41, 5.74) is 0. The van der Waals surface area contributed by atoms with Crippen LogP contribution in [0.4, 0.5) is 4.79 Å². The molecule has 6 nitrogen and oxygen atoms in total. The van der Waals surface area contributed by atoms with Gasteiger partial charge in [-0.25, -0.2) is 4.79 Å². The van der Waals surface area contributed by atoms with E-state index in [1.54, 1.807) is 11.8 Å². The van der Waals surface area contributed by atoms with Gasteiger partial charge in [0.25, 0.3) is 0 Å². The third kappa shape index (κ3) is 4.99. The van der Waals surface area contributed by atoms with E-state index in [4.69, 9.17) is 5.11 Å². The molecule has 2 N–H and O–H groups in total. The van der Waals surface area contributed by atoms with Crippen LogP contribution in [-0.4, -0.2) is 41.0 Å². The summed E-state index contributed by atoms with van der Waals surface area (Å²) in [6, 6.07) is -0.410. The van der Waals surface area contributed by atoms with E-state index in [2.05, 4.69) is 5.32 Å². The number of carboxylic acids is 1. The van der Waals surface area contributed by atoms with Gasteiger partial charge in [0.1, 0.15) is 0 Å². The van der Waals surface area contributed by atoms with Crippen LogP contribution in [0, 0.1) is 5.92 Å². The summed E-state index contributed by atoms with van der Waals surface area (Å²) in [5, 5.41) is 10.8. The number of nitrogens with zero attached hydrogens (tertiary/aromatic N) is 1. The number of carbonyl (C=O) groups is 3. The Morgan fingerprint density at radius 3 is 2.61 bits per heavy atom. The Labute approximate surface area is 106 Å². The van der Waals surface area contributed by atoms with Gasteiger partial charge in [-0.15, -0.1) is 0 Å². The summed E-state index contributed by atoms with van der Waals surface area (Å²) in [4.78, 5) is 35.2. The Hall–Kier alpha value is -1.85. The van der Waals surface area contributed by atoms with Gasteiger partial charge in [0.2, 0.25) is 5.91 Å². The number of aliphatic carboxylic acids is 1. The largest absolute Gasteiger partial charge is 0.481 e. The zero-order valence-electron chi connectivity index (χ0n) is 10.4. The molecular weight excluding hydrogens is 236 g/mol. The van der Waals surface area contributed by atoms with Crippen molar-refractivity contribution in [3.8, 4) is 0 Å². The first kappa shape index (κ1) is 14.2. The molecule has 0 fully saturated rings. The smallest absolute Gasteiger partial charge is 0.324 e. The second-order valence-corrected chi connectivity index (χ2v) is 4.47. The normalized spacial score (nSPS) is 16.2. The fraction of sp³-hybridized carbons (Fsp3) is 0.583. The number of hydrogen-bond acceptors (Lipinski definition) is 3. The van der Waals surface area contributed by atoms with E-state index >= 15 is 0 Å². The molecule has 0 aliphatic carbocycles. The fourth-order valence-corrected chi connectivity index (χ4v) is 1.76. The highest BCUT2D eigenvalue weighted by Crippen LogP contribution is 2.07. The van der Waals surface area contributed by atoms with Crippen molar-refractivity contribution in [3.63, 3.8) is 0 Å². The van der Waals surface area contributed by atoms with Crippen molar-refractivity contribution >= 4 is 17.9 Å². The predicted octanol–water partition coefficient (Wildman–Crippen LogP) is 0.985. The second-order valence-electron chi connectivity index (χ2n) is 4.47. The van der Waals surface area contributed by atoms with Crippen LogP contribution in [0.1, 0.15) is 26.2 Å². The van der Waals surface area contributed by atoms with Gasteiger partial charge in [0.05, 0.1) is 0 Å². The second kappa shape index (κ2) is 6.78. The number of nitrogens with one attached hydrogen (secondary N) is 1. The maximum absolute atomic E-state index is 11.7. The molecule has 0 saturated heterocycles. The van der Waals surface area contributed by atoms with E-state index in [1.165, 1.54) is 0 Å². The highest BCUT2D eigenvalue weighted by Gasteiger charge is 2.18. The van der Waals surface area contributed by atoms with Gasteiger partial charge in [-0.2, -0.15) is 0 Å². The fourth-order valence-electron chi connectivity index (χ4n) is 1.76. The lowest BCUT2D eigenvalue weighted by atomic mass is 10.0. The molecule has 100 valence electrons. The van der Waals surface area contributed by atoms with Crippen LogP contribution < -0.4 is 5.32 Å². The minimum Gasteiger partial charge on any atom is -0.481 e. The quantitative estimate of drug-likeness (QED) is 0.732. The van der Waals surface area contributed by atoms with Gasteiger partial charge in [-0.1, -0.05) is 19.1 Å². The lowest BCUT2D eigenvalue weighted by Crippen LogP contribution is -2.44. The molecule has 1 unspecified atom stereocenters. The molecule has 1 aliphatic rings. The highest BCUT2D eigenvalue weighted by atomic mass is 16.4. The summed E-state index contributed by atoms with van der Waals surface area (Å²) < 4.78 is 0. The Balaban J connectivity index is 2.33. The molecule has 0 aromatic heterocycles. The molecular formula is C12H18N2O4. The van der Waals surface area contributed by atoms with Crippen LogP contribution in [0.25, 0.3) is 0 Å². The number of imide groups is 1. The summed E-state index contributed by atoms with van der Waals surface area (Å²) in [6.45, 7) is 2.77. The number of urea groups is 1. The third-order valence-corrected chi connectivity index (χ3v) is 2.65. The molecule has 1 atom stereocenters. The van der Waals surface area contributed by atoms with Crippen molar-refractivity contribution in [3.05, 3.63) is 12.2 Å². The van der Waals surface area contributed by atoms with Gasteiger partial charge >= 0.3 is 12.0 Å². The van der Waals surface area contributed by atoms with E-state index in [0.717, 1.165) is 6.42 Å². The molecule has 6 heteroatoms. The number of hydrogen-bond donors (Lipinski definition) is 2. The standard InChI is InChI=1S/C12H18N2O4/c1-9(8-11(16)17)7-10(15)13-12(18)14-5-3-2-4-6-14/h2-3,9H,4-8H2,1H3,(H,16,17)(H,13,15,18). The van der Waals surface area contributed by atoms with Crippen molar-refractivity contribution in [2.24, 2.45) is 5.92 Å². The summed E-state index contributed by atoms with van der Waals surface area (Å²) in [6.07, 6.45) is 4.62. The van der Waals surface area contributed by atoms with Crippen LogP contribution in [0.2, 0.25) is 0 Å². The Bertz CT molecular complexity index is 365. The molecule has 1 rings (SSSR count). The van der Waals surface area contributed by atoms with Crippen LogP contribution in [0.5, 0.6) is 0 Å². The zero-order chi connectivity index (χ0) is 13.5. The van der Waals surface area contributed by atoms with E-state index in [0.29, 0.717) is 13.1 Å². The molecule has 0 aromatic rings. The Morgan fingerprint density at radius 2 is 2.06 bits per heavy atom. The molecule has 0 aromatic carbocycles. The molecule has 0 saturated carbocycles. The maximum Gasteiger partial charge on any atom is 0.324 e. The first-order chi connectivity index (χ1) is 8.49. The Kier molecular flexibility index (Phi) is 5.35. The van der Waals surface area contributed by atoms with Crippen molar-refractivity contribution in [1.82, 2.24) is 10.2 Å².